The molecule has 0 amide bonds. The lowest BCUT2D eigenvalue weighted by molar-refractivity contribution is -0.139. The minimum Gasteiger partial charge on any atom is -0.508 e. The van der Waals surface area contributed by atoms with Crippen molar-refractivity contribution in [2.45, 2.75) is 25.7 Å². The zero-order chi connectivity index (χ0) is 14.4. The first kappa shape index (κ1) is 14.4. The van der Waals surface area contributed by atoms with Gasteiger partial charge in [0.15, 0.2) is 0 Å². The molecule has 0 spiro atoms. The van der Waals surface area contributed by atoms with Crippen molar-refractivity contribution in [3.63, 3.8) is 0 Å². The van der Waals surface area contributed by atoms with E-state index in [9.17, 15) is 9.90 Å². The highest BCUT2D eigenvalue weighted by Crippen LogP contribution is 2.28. The van der Waals surface area contributed by atoms with Crippen molar-refractivity contribution >= 4 is 11.7 Å². The number of aromatic hydroxyl groups is 1. The first-order valence-corrected chi connectivity index (χ1v) is 6.70. The average Bonchev–Trinajstić information content (AvgIpc) is 3.25. The molecule has 1 saturated carbocycles. The number of phenolic OH excluding ortho intramolecular Hbond substituents is 1. The highest BCUT2D eigenvalue weighted by atomic mass is 16.6. The molecule has 0 atom stereocenters. The van der Waals surface area contributed by atoms with Crippen LogP contribution in [0, 0.1) is 5.92 Å². The maximum Gasteiger partial charge on any atom is 0.311 e. The van der Waals surface area contributed by atoms with E-state index in [1.807, 2.05) is 0 Å². The maximum atomic E-state index is 11.4. The molecule has 2 rings (SSSR count). The summed E-state index contributed by atoms with van der Waals surface area (Å²) in [5.41, 5.74) is 1.59. The summed E-state index contributed by atoms with van der Waals surface area (Å²) >= 11 is 0. The number of benzene rings is 1. The minimum absolute atomic E-state index is 0.113. The third kappa shape index (κ3) is 4.91. The lowest BCUT2D eigenvalue weighted by Crippen LogP contribution is -2.13. The fraction of sp³-hybridized carbons (Fsp3) is 0.467. The quantitative estimate of drug-likeness (QED) is 0.471. The van der Waals surface area contributed by atoms with Gasteiger partial charge >= 0.3 is 5.97 Å². The van der Waals surface area contributed by atoms with Crippen molar-refractivity contribution in [3.8, 4) is 5.75 Å². The number of ether oxygens (including phenoxy) is 1. The van der Waals surface area contributed by atoms with Crippen LogP contribution in [0.25, 0.3) is 0 Å². The first-order valence-electron chi connectivity index (χ1n) is 6.70. The zero-order valence-corrected chi connectivity index (χ0v) is 11.5. The smallest absolute Gasteiger partial charge is 0.311 e. The molecule has 1 aliphatic carbocycles. The second-order valence-corrected chi connectivity index (χ2v) is 4.99. The number of oxime groups is 1. The van der Waals surface area contributed by atoms with Gasteiger partial charge in [0, 0.05) is 6.42 Å². The Morgan fingerprint density at radius 2 is 2.05 bits per heavy atom. The van der Waals surface area contributed by atoms with Gasteiger partial charge in [-0.15, -0.1) is 0 Å². The molecule has 0 saturated heterocycles. The second kappa shape index (κ2) is 6.93. The molecule has 1 fully saturated rings. The Labute approximate surface area is 118 Å². The van der Waals surface area contributed by atoms with E-state index in [1.54, 1.807) is 24.3 Å². The summed E-state index contributed by atoms with van der Waals surface area (Å²) in [6, 6.07) is 6.80. The third-order valence-electron chi connectivity index (χ3n) is 3.12. The summed E-state index contributed by atoms with van der Waals surface area (Å²) < 4.78 is 4.66. The lowest BCUT2D eigenvalue weighted by Gasteiger charge is -2.06. The number of carbonyl (C=O) groups is 1. The molecule has 0 bridgehead atoms. The van der Waals surface area contributed by atoms with E-state index in [0.29, 0.717) is 24.7 Å². The Hall–Kier alpha value is -2.04. The number of hydrogen-bond donors (Lipinski definition) is 1. The van der Waals surface area contributed by atoms with Crippen LogP contribution in [-0.4, -0.2) is 30.5 Å². The fourth-order valence-corrected chi connectivity index (χ4v) is 1.73. The van der Waals surface area contributed by atoms with E-state index >= 15 is 0 Å². The molecule has 20 heavy (non-hydrogen) atoms. The Kier molecular flexibility index (Phi) is 4.98. The maximum absolute atomic E-state index is 11.4. The second-order valence-electron chi connectivity index (χ2n) is 4.99. The van der Waals surface area contributed by atoms with Gasteiger partial charge in [0.25, 0.3) is 0 Å². The standard InChI is InChI=1S/C15H19NO4/c1-19-15(18)9-13(16-20-10-12-2-3-12)8-11-4-6-14(17)7-5-11/h4-7,12,17H,2-3,8-10H2,1H3. The number of nitrogens with zero attached hydrogens (tertiary/aromatic N) is 1. The van der Waals surface area contributed by atoms with Crippen LogP contribution >= 0.6 is 0 Å². The molecule has 108 valence electrons. The van der Waals surface area contributed by atoms with E-state index in [1.165, 1.54) is 20.0 Å². The van der Waals surface area contributed by atoms with Gasteiger partial charge < -0.3 is 14.7 Å². The van der Waals surface area contributed by atoms with Crippen molar-refractivity contribution in [2.24, 2.45) is 11.1 Å². The van der Waals surface area contributed by atoms with Crippen molar-refractivity contribution in [1.82, 2.24) is 0 Å². The van der Waals surface area contributed by atoms with Crippen molar-refractivity contribution in [3.05, 3.63) is 29.8 Å². The van der Waals surface area contributed by atoms with Crippen LogP contribution < -0.4 is 0 Å². The summed E-state index contributed by atoms with van der Waals surface area (Å²) in [5, 5.41) is 13.3. The van der Waals surface area contributed by atoms with E-state index in [0.717, 1.165) is 5.56 Å². The Morgan fingerprint density at radius 3 is 2.65 bits per heavy atom. The van der Waals surface area contributed by atoms with Crippen LogP contribution in [0.2, 0.25) is 0 Å². The Morgan fingerprint density at radius 1 is 1.35 bits per heavy atom. The molecule has 1 N–H and O–H groups in total. The van der Waals surface area contributed by atoms with Crippen LogP contribution in [0.3, 0.4) is 0 Å². The van der Waals surface area contributed by atoms with Gasteiger partial charge in [-0.2, -0.15) is 0 Å². The normalized spacial score (nSPS) is 14.9. The monoisotopic (exact) mass is 277 g/mol. The van der Waals surface area contributed by atoms with Crippen LogP contribution in [-0.2, 0) is 20.8 Å². The number of phenols is 1. The molecule has 0 radical (unpaired) electrons. The van der Waals surface area contributed by atoms with Gasteiger partial charge in [0.05, 0.1) is 19.2 Å². The summed E-state index contributed by atoms with van der Waals surface area (Å²) in [6.07, 6.45) is 3.00. The highest BCUT2D eigenvalue weighted by Gasteiger charge is 2.22. The molecule has 0 aliphatic heterocycles. The third-order valence-corrected chi connectivity index (χ3v) is 3.12. The molecule has 0 aromatic heterocycles. The van der Waals surface area contributed by atoms with E-state index in [-0.39, 0.29) is 18.1 Å². The lowest BCUT2D eigenvalue weighted by atomic mass is 10.1. The van der Waals surface area contributed by atoms with Crippen LogP contribution in [0.4, 0.5) is 0 Å². The number of hydrogen-bond acceptors (Lipinski definition) is 5. The molecule has 5 nitrogen and oxygen atoms in total. The molecular weight excluding hydrogens is 258 g/mol. The highest BCUT2D eigenvalue weighted by molar-refractivity contribution is 5.99. The average molecular weight is 277 g/mol. The number of esters is 1. The topological polar surface area (TPSA) is 68.1 Å². The van der Waals surface area contributed by atoms with Crippen LogP contribution in [0.15, 0.2) is 29.4 Å². The van der Waals surface area contributed by atoms with Crippen LogP contribution in [0.1, 0.15) is 24.8 Å². The largest absolute Gasteiger partial charge is 0.508 e. The van der Waals surface area contributed by atoms with Gasteiger partial charge in [0.1, 0.15) is 12.4 Å². The fourth-order valence-electron chi connectivity index (χ4n) is 1.73. The SMILES string of the molecule is COC(=O)CC(Cc1ccc(O)cc1)=NOCC1CC1. The first-order chi connectivity index (χ1) is 9.67. The molecule has 1 aromatic carbocycles. The summed E-state index contributed by atoms with van der Waals surface area (Å²) in [4.78, 5) is 16.7. The van der Waals surface area contributed by atoms with Gasteiger partial charge in [0.2, 0.25) is 0 Å². The van der Waals surface area contributed by atoms with Gasteiger partial charge in [-0.05, 0) is 36.5 Å². The number of methoxy groups -OCH3 is 1. The van der Waals surface area contributed by atoms with Gasteiger partial charge in [-0.3, -0.25) is 4.79 Å². The molecule has 1 aromatic rings. The summed E-state index contributed by atoms with van der Waals surface area (Å²) in [5.74, 6) is 0.495. The predicted molar refractivity (Wildman–Crippen MR) is 74.6 cm³/mol. The number of carbonyl (C=O) groups excluding carboxylic acids is 1. The molecular formula is C15H19NO4. The van der Waals surface area contributed by atoms with Crippen molar-refractivity contribution in [2.75, 3.05) is 13.7 Å². The van der Waals surface area contributed by atoms with E-state index in [4.69, 9.17) is 4.84 Å². The Balaban J connectivity index is 1.96. The zero-order valence-electron chi connectivity index (χ0n) is 11.5. The van der Waals surface area contributed by atoms with E-state index in [2.05, 4.69) is 9.89 Å². The van der Waals surface area contributed by atoms with Crippen LogP contribution in [0.5, 0.6) is 5.75 Å². The molecule has 5 heteroatoms. The van der Waals surface area contributed by atoms with Crippen molar-refractivity contribution < 1.29 is 19.5 Å². The van der Waals surface area contributed by atoms with Gasteiger partial charge in [-0.1, -0.05) is 17.3 Å². The Bertz CT molecular complexity index is 477. The van der Waals surface area contributed by atoms with Gasteiger partial charge in [-0.25, -0.2) is 0 Å². The predicted octanol–water partition coefficient (Wildman–Crippen LogP) is 2.28. The molecule has 0 heterocycles. The molecule has 1 aliphatic rings. The summed E-state index contributed by atoms with van der Waals surface area (Å²) in [7, 11) is 1.35. The van der Waals surface area contributed by atoms with E-state index < -0.39 is 0 Å². The molecule has 0 unspecified atom stereocenters. The summed E-state index contributed by atoms with van der Waals surface area (Å²) in [6.45, 7) is 0.611. The van der Waals surface area contributed by atoms with Crippen molar-refractivity contribution in [1.29, 1.82) is 0 Å². The minimum atomic E-state index is -0.336. The number of rotatable bonds is 7.